The van der Waals surface area contributed by atoms with Crippen molar-refractivity contribution in [2.24, 2.45) is 10.9 Å². The molecule has 1 heterocycles. The summed E-state index contributed by atoms with van der Waals surface area (Å²) in [6.45, 7) is 8.50. The topological polar surface area (TPSA) is 48.9 Å². The summed E-state index contributed by atoms with van der Waals surface area (Å²) in [5.74, 6) is 2.33. The lowest BCUT2D eigenvalue weighted by Crippen LogP contribution is -2.50. The molecule has 0 bridgehead atoms. The zero-order valence-corrected chi connectivity index (χ0v) is 16.6. The molecule has 25 heavy (non-hydrogen) atoms. The fourth-order valence-corrected chi connectivity index (χ4v) is 3.56. The molecule has 0 spiro atoms. The van der Waals surface area contributed by atoms with E-state index in [1.54, 1.807) is 7.11 Å². The van der Waals surface area contributed by atoms with Crippen LogP contribution < -0.4 is 15.4 Å². The number of hydrogen-bond donors (Lipinski definition) is 2. The maximum Gasteiger partial charge on any atom is 0.191 e. The van der Waals surface area contributed by atoms with Crippen LogP contribution in [-0.4, -0.2) is 50.7 Å². The largest absolute Gasteiger partial charge is 0.497 e. The Morgan fingerprint density at radius 1 is 1.28 bits per heavy atom. The monoisotopic (exact) mass is 346 g/mol. The first-order chi connectivity index (χ1) is 11.8. The highest BCUT2D eigenvalue weighted by atomic mass is 16.5. The molecule has 1 fully saturated rings. The van der Waals surface area contributed by atoms with Crippen LogP contribution in [0.3, 0.4) is 0 Å². The Balaban J connectivity index is 2.08. The first-order valence-corrected chi connectivity index (χ1v) is 9.17. The Bertz CT molecular complexity index is 562. The Labute approximate surface area is 152 Å². The Kier molecular flexibility index (Phi) is 6.71. The third-order valence-electron chi connectivity index (χ3n) is 4.71. The molecule has 5 nitrogen and oxygen atoms in total. The summed E-state index contributed by atoms with van der Waals surface area (Å²) in [5, 5.41) is 6.96. The molecule has 1 saturated heterocycles. The van der Waals surface area contributed by atoms with Crippen molar-refractivity contribution in [3.05, 3.63) is 29.8 Å². The number of ether oxygens (including phenoxy) is 1. The second kappa shape index (κ2) is 8.56. The lowest BCUT2D eigenvalue weighted by atomic mass is 9.85. The zero-order valence-electron chi connectivity index (χ0n) is 16.6. The summed E-state index contributed by atoms with van der Waals surface area (Å²) in [7, 11) is 5.76. The number of nitrogens with one attached hydrogen (secondary N) is 2. The first kappa shape index (κ1) is 19.6. The Morgan fingerprint density at radius 3 is 2.52 bits per heavy atom. The molecule has 1 aliphatic rings. The standard InChI is InChI=1S/C20H34N4O/c1-20(2,3)23-19(21-4)22-14-16-8-7-13-24(5)18(16)15-9-11-17(25-6)12-10-15/h9-12,16,18H,7-8,13-14H2,1-6H3,(H2,21,22,23). The molecule has 0 radical (unpaired) electrons. The smallest absolute Gasteiger partial charge is 0.191 e. The van der Waals surface area contributed by atoms with Gasteiger partial charge < -0.3 is 15.4 Å². The van der Waals surface area contributed by atoms with Gasteiger partial charge in [0.05, 0.1) is 7.11 Å². The van der Waals surface area contributed by atoms with E-state index in [1.807, 2.05) is 7.05 Å². The van der Waals surface area contributed by atoms with E-state index >= 15 is 0 Å². The van der Waals surface area contributed by atoms with E-state index in [1.165, 1.54) is 18.4 Å². The highest BCUT2D eigenvalue weighted by molar-refractivity contribution is 5.80. The molecule has 2 N–H and O–H groups in total. The minimum Gasteiger partial charge on any atom is -0.497 e. The molecule has 0 aliphatic carbocycles. The maximum absolute atomic E-state index is 5.30. The summed E-state index contributed by atoms with van der Waals surface area (Å²) in [4.78, 5) is 6.83. The molecular formula is C20H34N4O. The van der Waals surface area contributed by atoms with Gasteiger partial charge in [0.1, 0.15) is 5.75 Å². The summed E-state index contributed by atoms with van der Waals surface area (Å²) in [6, 6.07) is 8.92. The van der Waals surface area contributed by atoms with Gasteiger partial charge in [-0.05, 0) is 70.8 Å². The lowest BCUT2D eigenvalue weighted by Gasteiger charge is -2.40. The van der Waals surface area contributed by atoms with Gasteiger partial charge in [0.15, 0.2) is 5.96 Å². The van der Waals surface area contributed by atoms with E-state index in [0.717, 1.165) is 24.8 Å². The summed E-state index contributed by atoms with van der Waals surface area (Å²) >= 11 is 0. The number of methoxy groups -OCH3 is 1. The molecule has 0 amide bonds. The summed E-state index contributed by atoms with van der Waals surface area (Å²) < 4.78 is 5.30. The first-order valence-electron chi connectivity index (χ1n) is 9.17. The highest BCUT2D eigenvalue weighted by Crippen LogP contribution is 2.35. The molecule has 0 aromatic heterocycles. The number of hydrogen-bond acceptors (Lipinski definition) is 3. The van der Waals surface area contributed by atoms with Gasteiger partial charge in [-0.3, -0.25) is 9.89 Å². The van der Waals surface area contributed by atoms with Crippen molar-refractivity contribution in [1.82, 2.24) is 15.5 Å². The van der Waals surface area contributed by atoms with E-state index < -0.39 is 0 Å². The molecule has 2 unspecified atom stereocenters. The molecule has 1 aromatic rings. The molecule has 0 saturated carbocycles. The normalized spacial score (nSPS) is 22.6. The van der Waals surface area contributed by atoms with E-state index in [0.29, 0.717) is 12.0 Å². The predicted octanol–water partition coefficient (Wildman–Crippen LogP) is 3.04. The van der Waals surface area contributed by atoms with Crippen LogP contribution in [0.2, 0.25) is 0 Å². The second-order valence-corrected chi connectivity index (χ2v) is 7.93. The zero-order chi connectivity index (χ0) is 18.4. The molecule has 140 valence electrons. The third-order valence-corrected chi connectivity index (χ3v) is 4.71. The van der Waals surface area contributed by atoms with Crippen LogP contribution in [-0.2, 0) is 0 Å². The lowest BCUT2D eigenvalue weighted by molar-refractivity contribution is 0.122. The van der Waals surface area contributed by atoms with Crippen molar-refractivity contribution in [3.8, 4) is 5.75 Å². The molecule has 2 rings (SSSR count). The van der Waals surface area contributed by atoms with Gasteiger partial charge in [0.2, 0.25) is 0 Å². The predicted molar refractivity (Wildman–Crippen MR) is 105 cm³/mol. The molecular weight excluding hydrogens is 312 g/mol. The molecule has 5 heteroatoms. The quantitative estimate of drug-likeness (QED) is 0.650. The maximum atomic E-state index is 5.30. The van der Waals surface area contributed by atoms with Gasteiger partial charge in [-0.2, -0.15) is 0 Å². The fraction of sp³-hybridized carbons (Fsp3) is 0.650. The molecule has 1 aromatic carbocycles. The second-order valence-electron chi connectivity index (χ2n) is 7.93. The van der Waals surface area contributed by atoms with Crippen molar-refractivity contribution in [2.45, 2.75) is 45.2 Å². The fourth-order valence-electron chi connectivity index (χ4n) is 3.56. The third kappa shape index (κ3) is 5.63. The minimum absolute atomic E-state index is 0.000580. The van der Waals surface area contributed by atoms with Crippen LogP contribution >= 0.6 is 0 Å². The summed E-state index contributed by atoms with van der Waals surface area (Å²) in [5.41, 5.74) is 1.36. The van der Waals surface area contributed by atoms with Gasteiger partial charge in [-0.25, -0.2) is 0 Å². The van der Waals surface area contributed by atoms with Crippen LogP contribution in [0.5, 0.6) is 5.75 Å². The van der Waals surface area contributed by atoms with Gasteiger partial charge >= 0.3 is 0 Å². The van der Waals surface area contributed by atoms with Gasteiger partial charge in [-0.15, -0.1) is 0 Å². The Hall–Kier alpha value is -1.75. The van der Waals surface area contributed by atoms with E-state index in [-0.39, 0.29) is 5.54 Å². The van der Waals surface area contributed by atoms with Crippen molar-refractivity contribution in [3.63, 3.8) is 0 Å². The number of piperidine rings is 1. The van der Waals surface area contributed by atoms with Gasteiger partial charge in [0.25, 0.3) is 0 Å². The molecule has 2 atom stereocenters. The van der Waals surface area contributed by atoms with Crippen LogP contribution in [0.4, 0.5) is 0 Å². The van der Waals surface area contributed by atoms with Crippen molar-refractivity contribution in [1.29, 1.82) is 0 Å². The van der Waals surface area contributed by atoms with Crippen molar-refractivity contribution in [2.75, 3.05) is 34.3 Å². The highest BCUT2D eigenvalue weighted by Gasteiger charge is 2.30. The number of likely N-dealkylation sites (tertiary alicyclic amines) is 1. The van der Waals surface area contributed by atoms with E-state index in [9.17, 15) is 0 Å². The number of rotatable bonds is 4. The van der Waals surface area contributed by atoms with Crippen molar-refractivity contribution < 1.29 is 4.74 Å². The van der Waals surface area contributed by atoms with Crippen molar-refractivity contribution >= 4 is 5.96 Å². The van der Waals surface area contributed by atoms with Crippen LogP contribution in [0, 0.1) is 5.92 Å². The van der Waals surface area contributed by atoms with Crippen LogP contribution in [0.25, 0.3) is 0 Å². The number of benzene rings is 1. The van der Waals surface area contributed by atoms with Crippen LogP contribution in [0.1, 0.15) is 45.2 Å². The Morgan fingerprint density at radius 2 is 1.96 bits per heavy atom. The van der Waals surface area contributed by atoms with E-state index in [4.69, 9.17) is 4.74 Å². The molecule has 1 aliphatic heterocycles. The average Bonchev–Trinajstić information content (AvgIpc) is 2.58. The van der Waals surface area contributed by atoms with E-state index in [2.05, 4.69) is 72.6 Å². The van der Waals surface area contributed by atoms with Gasteiger partial charge in [0, 0.05) is 25.2 Å². The van der Waals surface area contributed by atoms with Crippen LogP contribution in [0.15, 0.2) is 29.3 Å². The summed E-state index contributed by atoms with van der Waals surface area (Å²) in [6.07, 6.45) is 2.46. The van der Waals surface area contributed by atoms with Gasteiger partial charge in [-0.1, -0.05) is 12.1 Å². The minimum atomic E-state index is 0.000580. The number of guanidine groups is 1. The number of nitrogens with zero attached hydrogens (tertiary/aromatic N) is 2. The SMILES string of the molecule is CN=C(NCC1CCCN(C)C1c1ccc(OC)cc1)NC(C)(C)C. The number of aliphatic imine (C=N–C) groups is 1. The average molecular weight is 347 g/mol.